The van der Waals surface area contributed by atoms with Gasteiger partial charge in [-0.3, -0.25) is 0 Å². The number of aromatic amines is 1. The molecule has 4 rings (SSSR count). The van der Waals surface area contributed by atoms with Crippen LogP contribution in [0.1, 0.15) is 27.9 Å². The normalized spacial score (nSPS) is 12.8. The number of H-pyrrole nitrogens is 1. The van der Waals surface area contributed by atoms with Gasteiger partial charge in [-0.05, 0) is 55.7 Å². The Hall–Kier alpha value is -2.66. The first-order valence-electron chi connectivity index (χ1n) is 8.82. The highest BCUT2D eigenvalue weighted by Gasteiger charge is 2.20. The minimum Gasteiger partial charge on any atom is -0.493 e. The lowest BCUT2D eigenvalue weighted by atomic mass is 10.0. The molecule has 0 atom stereocenters. The molecule has 0 bridgehead atoms. The Morgan fingerprint density at radius 1 is 1.08 bits per heavy atom. The van der Waals surface area contributed by atoms with Gasteiger partial charge >= 0.3 is 0 Å². The summed E-state index contributed by atoms with van der Waals surface area (Å²) in [4.78, 5) is 3.53. The Labute approximate surface area is 153 Å². The maximum absolute atomic E-state index is 5.50. The van der Waals surface area contributed by atoms with Gasteiger partial charge < -0.3 is 24.5 Å². The summed E-state index contributed by atoms with van der Waals surface area (Å²) in [5.74, 6) is 2.15. The van der Waals surface area contributed by atoms with E-state index in [4.69, 9.17) is 14.2 Å². The molecule has 1 aliphatic heterocycles. The Bertz CT molecular complexity index is 975. The molecule has 1 aliphatic rings. The minimum atomic E-state index is 0.245. The van der Waals surface area contributed by atoms with Crippen LogP contribution >= 0.6 is 0 Å². The highest BCUT2D eigenvalue weighted by Crippen LogP contribution is 2.41. The fraction of sp³-hybridized carbons (Fsp3) is 0.333. The largest absolute Gasteiger partial charge is 0.493 e. The first kappa shape index (κ1) is 16.8. The number of methoxy groups -OCH3 is 1. The van der Waals surface area contributed by atoms with Crippen LogP contribution < -0.4 is 19.5 Å². The molecule has 1 aromatic heterocycles. The lowest BCUT2D eigenvalue weighted by molar-refractivity contribution is 0.171. The van der Waals surface area contributed by atoms with Gasteiger partial charge in [0.05, 0.1) is 12.6 Å². The Balaban J connectivity index is 1.54. The molecule has 0 radical (unpaired) electrons. The molecule has 5 heteroatoms. The summed E-state index contributed by atoms with van der Waals surface area (Å²) in [6, 6.07) is 8.49. The topological polar surface area (TPSA) is 55.5 Å². The second kappa shape index (κ2) is 6.57. The molecule has 3 aromatic rings. The molecule has 5 nitrogen and oxygen atoms in total. The molecule has 2 heterocycles. The van der Waals surface area contributed by atoms with E-state index in [2.05, 4.69) is 43.2 Å². The molecule has 2 aromatic carbocycles. The SMILES string of the molecule is COc1cc(CNCc2cc(C)cc3c(C)c(C)[nH]c23)cc2c1OCO2. The second-order valence-electron chi connectivity index (χ2n) is 6.86. The molecule has 0 fully saturated rings. The van der Waals surface area contributed by atoms with Crippen molar-refractivity contribution in [1.29, 1.82) is 0 Å². The number of benzene rings is 2. The molecular formula is C21H24N2O3. The molecule has 0 unspecified atom stereocenters. The Morgan fingerprint density at radius 2 is 1.92 bits per heavy atom. The van der Waals surface area contributed by atoms with E-state index in [-0.39, 0.29) is 6.79 Å². The second-order valence-corrected chi connectivity index (χ2v) is 6.86. The van der Waals surface area contributed by atoms with Gasteiger partial charge in [-0.1, -0.05) is 11.6 Å². The molecule has 26 heavy (non-hydrogen) atoms. The molecule has 0 saturated carbocycles. The van der Waals surface area contributed by atoms with Crippen LogP contribution in [0.25, 0.3) is 10.9 Å². The molecule has 0 saturated heterocycles. The van der Waals surface area contributed by atoms with Crippen LogP contribution in [0.2, 0.25) is 0 Å². The summed E-state index contributed by atoms with van der Waals surface area (Å²) in [6.45, 7) is 8.20. The number of aryl methyl sites for hydroxylation is 3. The average molecular weight is 352 g/mol. The first-order valence-corrected chi connectivity index (χ1v) is 8.82. The third-order valence-corrected chi connectivity index (χ3v) is 5.01. The average Bonchev–Trinajstić information content (AvgIpc) is 3.20. The van der Waals surface area contributed by atoms with Gasteiger partial charge in [0.25, 0.3) is 0 Å². The van der Waals surface area contributed by atoms with Gasteiger partial charge in [-0.2, -0.15) is 0 Å². The van der Waals surface area contributed by atoms with E-state index >= 15 is 0 Å². The minimum absolute atomic E-state index is 0.245. The van der Waals surface area contributed by atoms with Crippen molar-refractivity contribution in [2.45, 2.75) is 33.9 Å². The molecule has 0 aliphatic carbocycles. The molecular weight excluding hydrogens is 328 g/mol. The van der Waals surface area contributed by atoms with Crippen molar-refractivity contribution in [2.24, 2.45) is 0 Å². The Kier molecular flexibility index (Phi) is 4.24. The van der Waals surface area contributed by atoms with Crippen molar-refractivity contribution in [3.8, 4) is 17.2 Å². The van der Waals surface area contributed by atoms with E-state index in [0.717, 1.165) is 24.4 Å². The van der Waals surface area contributed by atoms with Crippen molar-refractivity contribution in [3.05, 3.63) is 52.2 Å². The standard InChI is InChI=1S/C21H24N2O3/c1-12-5-16(20-17(6-12)13(2)14(3)23-20)10-22-9-15-7-18(24-4)21-19(8-15)25-11-26-21/h5-8,22-23H,9-11H2,1-4H3. The van der Waals surface area contributed by atoms with Crippen molar-refractivity contribution in [1.82, 2.24) is 10.3 Å². The van der Waals surface area contributed by atoms with E-state index in [1.807, 2.05) is 12.1 Å². The number of fused-ring (bicyclic) bond motifs is 2. The fourth-order valence-electron chi connectivity index (χ4n) is 3.56. The molecule has 2 N–H and O–H groups in total. The summed E-state index contributed by atoms with van der Waals surface area (Å²) < 4.78 is 16.4. The molecule has 0 spiro atoms. The lowest BCUT2D eigenvalue weighted by Gasteiger charge is -2.10. The van der Waals surface area contributed by atoms with Crippen LogP contribution in [-0.2, 0) is 13.1 Å². The monoisotopic (exact) mass is 352 g/mol. The zero-order valence-corrected chi connectivity index (χ0v) is 15.7. The van der Waals surface area contributed by atoms with E-state index in [9.17, 15) is 0 Å². The predicted octanol–water partition coefficient (Wildman–Crippen LogP) is 4.12. The van der Waals surface area contributed by atoms with Crippen LogP contribution in [0.15, 0.2) is 24.3 Å². The van der Waals surface area contributed by atoms with Crippen LogP contribution in [-0.4, -0.2) is 18.9 Å². The van der Waals surface area contributed by atoms with Crippen LogP contribution in [0, 0.1) is 20.8 Å². The van der Waals surface area contributed by atoms with Crippen molar-refractivity contribution >= 4 is 10.9 Å². The summed E-state index contributed by atoms with van der Waals surface area (Å²) in [6.07, 6.45) is 0. The van der Waals surface area contributed by atoms with Gasteiger partial charge in [0, 0.05) is 24.2 Å². The van der Waals surface area contributed by atoms with Crippen molar-refractivity contribution in [3.63, 3.8) is 0 Å². The van der Waals surface area contributed by atoms with Gasteiger partial charge in [-0.25, -0.2) is 0 Å². The van der Waals surface area contributed by atoms with Crippen LogP contribution in [0.4, 0.5) is 0 Å². The van der Waals surface area contributed by atoms with Crippen molar-refractivity contribution < 1.29 is 14.2 Å². The van der Waals surface area contributed by atoms with Crippen LogP contribution in [0.3, 0.4) is 0 Å². The smallest absolute Gasteiger partial charge is 0.231 e. The lowest BCUT2D eigenvalue weighted by Crippen LogP contribution is -2.13. The number of nitrogens with one attached hydrogen (secondary N) is 2. The maximum Gasteiger partial charge on any atom is 0.231 e. The highest BCUT2D eigenvalue weighted by molar-refractivity contribution is 5.87. The quantitative estimate of drug-likeness (QED) is 0.725. The molecule has 136 valence electrons. The summed E-state index contributed by atoms with van der Waals surface area (Å²) in [5, 5.41) is 4.85. The number of ether oxygens (including phenoxy) is 3. The van der Waals surface area contributed by atoms with Gasteiger partial charge in [0.15, 0.2) is 11.5 Å². The number of hydrogen-bond acceptors (Lipinski definition) is 4. The predicted molar refractivity (Wildman–Crippen MR) is 102 cm³/mol. The number of rotatable bonds is 5. The van der Waals surface area contributed by atoms with Gasteiger partial charge in [0.1, 0.15) is 0 Å². The zero-order chi connectivity index (χ0) is 18.3. The fourth-order valence-corrected chi connectivity index (χ4v) is 3.56. The first-order chi connectivity index (χ1) is 12.6. The highest BCUT2D eigenvalue weighted by atomic mass is 16.7. The summed E-state index contributed by atoms with van der Waals surface area (Å²) >= 11 is 0. The van der Waals surface area contributed by atoms with E-state index in [1.165, 1.54) is 33.3 Å². The third-order valence-electron chi connectivity index (χ3n) is 5.01. The van der Waals surface area contributed by atoms with E-state index in [1.54, 1.807) is 7.11 Å². The summed E-state index contributed by atoms with van der Waals surface area (Å²) in [5.41, 5.74) is 7.44. The van der Waals surface area contributed by atoms with Crippen molar-refractivity contribution in [2.75, 3.05) is 13.9 Å². The van der Waals surface area contributed by atoms with Gasteiger partial charge in [0.2, 0.25) is 12.5 Å². The third kappa shape index (κ3) is 2.88. The maximum atomic E-state index is 5.50. The number of hydrogen-bond donors (Lipinski definition) is 2. The summed E-state index contributed by atoms with van der Waals surface area (Å²) in [7, 11) is 1.65. The zero-order valence-electron chi connectivity index (χ0n) is 15.7. The van der Waals surface area contributed by atoms with Crippen LogP contribution in [0.5, 0.6) is 17.2 Å². The molecule has 0 amide bonds. The number of aromatic nitrogens is 1. The Morgan fingerprint density at radius 3 is 2.73 bits per heavy atom. The van der Waals surface area contributed by atoms with Gasteiger partial charge in [-0.15, -0.1) is 0 Å². The van der Waals surface area contributed by atoms with E-state index < -0.39 is 0 Å². The van der Waals surface area contributed by atoms with E-state index in [0.29, 0.717) is 11.5 Å².